The van der Waals surface area contributed by atoms with Gasteiger partial charge >= 0.3 is 0 Å². The van der Waals surface area contributed by atoms with Crippen molar-refractivity contribution in [2.75, 3.05) is 32.6 Å². The Hall–Kier alpha value is -2.40. The van der Waals surface area contributed by atoms with Crippen LogP contribution in [-0.4, -0.2) is 49.1 Å². The van der Waals surface area contributed by atoms with Crippen LogP contribution in [0.5, 0.6) is 0 Å². The van der Waals surface area contributed by atoms with Gasteiger partial charge < -0.3 is 15.0 Å². The topological polar surface area (TPSA) is 54.5 Å². The summed E-state index contributed by atoms with van der Waals surface area (Å²) in [7, 11) is 3.54. The molecular formula is C20H25N3O2. The first kappa shape index (κ1) is 17.4. The minimum Gasteiger partial charge on any atom is -0.379 e. The summed E-state index contributed by atoms with van der Waals surface area (Å²) >= 11 is 0. The molecule has 3 rings (SSSR count). The third kappa shape index (κ3) is 4.17. The van der Waals surface area contributed by atoms with E-state index in [9.17, 15) is 4.79 Å². The Kier molecular flexibility index (Phi) is 5.66. The van der Waals surface area contributed by atoms with Crippen LogP contribution in [0.3, 0.4) is 0 Å². The molecule has 1 amide bonds. The molecule has 2 aromatic rings. The van der Waals surface area contributed by atoms with Gasteiger partial charge in [0.05, 0.1) is 6.10 Å². The molecule has 1 N–H and O–H groups in total. The number of pyridine rings is 1. The van der Waals surface area contributed by atoms with E-state index in [4.69, 9.17) is 4.74 Å². The maximum absolute atomic E-state index is 12.8. The van der Waals surface area contributed by atoms with Crippen LogP contribution in [0.25, 0.3) is 0 Å². The fourth-order valence-corrected chi connectivity index (χ4v) is 3.45. The van der Waals surface area contributed by atoms with Gasteiger partial charge in [0.1, 0.15) is 5.82 Å². The fourth-order valence-electron chi connectivity index (χ4n) is 3.45. The first-order chi connectivity index (χ1) is 12.2. The number of nitrogens with zero attached hydrogens (tertiary/aromatic N) is 2. The number of ether oxygens (including phenoxy) is 1. The molecule has 1 aromatic heterocycles. The molecule has 1 aliphatic heterocycles. The van der Waals surface area contributed by atoms with Crippen LogP contribution < -0.4 is 5.32 Å². The Bertz CT molecular complexity index is 705. The van der Waals surface area contributed by atoms with Crippen LogP contribution in [0, 0.1) is 5.92 Å². The minimum absolute atomic E-state index is 0.0408. The lowest BCUT2D eigenvalue weighted by atomic mass is 9.87. The predicted octanol–water partition coefficient (Wildman–Crippen LogP) is 2.84. The highest BCUT2D eigenvalue weighted by atomic mass is 16.5. The summed E-state index contributed by atoms with van der Waals surface area (Å²) in [5, 5.41) is 2.97. The smallest absolute Gasteiger partial charge is 0.254 e. The molecule has 5 heteroatoms. The molecular weight excluding hydrogens is 314 g/mol. The van der Waals surface area contributed by atoms with Crippen molar-refractivity contribution in [2.24, 2.45) is 5.92 Å². The maximum Gasteiger partial charge on any atom is 0.254 e. The average molecular weight is 339 g/mol. The average Bonchev–Trinajstić information content (AvgIpc) is 2.68. The third-order valence-corrected chi connectivity index (χ3v) is 4.89. The van der Waals surface area contributed by atoms with Crippen molar-refractivity contribution in [3.63, 3.8) is 0 Å². The van der Waals surface area contributed by atoms with Crippen LogP contribution in [0.2, 0.25) is 0 Å². The Morgan fingerprint density at radius 1 is 1.32 bits per heavy atom. The van der Waals surface area contributed by atoms with E-state index < -0.39 is 0 Å². The molecule has 132 valence electrons. The van der Waals surface area contributed by atoms with Crippen molar-refractivity contribution in [1.82, 2.24) is 9.88 Å². The van der Waals surface area contributed by atoms with Crippen molar-refractivity contribution in [1.29, 1.82) is 0 Å². The summed E-state index contributed by atoms with van der Waals surface area (Å²) in [6, 6.07) is 14.0. The lowest BCUT2D eigenvalue weighted by molar-refractivity contribution is -0.00696. The number of hydrogen-bond donors (Lipinski definition) is 1. The monoisotopic (exact) mass is 339 g/mol. The second kappa shape index (κ2) is 8.12. The van der Waals surface area contributed by atoms with Gasteiger partial charge in [-0.15, -0.1) is 0 Å². The first-order valence-corrected chi connectivity index (χ1v) is 8.71. The molecule has 0 spiro atoms. The van der Waals surface area contributed by atoms with Crippen LogP contribution in [-0.2, 0) is 11.2 Å². The van der Waals surface area contributed by atoms with Gasteiger partial charge in [-0.25, -0.2) is 4.98 Å². The summed E-state index contributed by atoms with van der Waals surface area (Å²) < 4.78 is 5.72. The normalized spacial score (nSPS) is 20.3. The second-order valence-corrected chi connectivity index (χ2v) is 6.44. The van der Waals surface area contributed by atoms with Crippen LogP contribution >= 0.6 is 0 Å². The van der Waals surface area contributed by atoms with Gasteiger partial charge in [0.15, 0.2) is 0 Å². The van der Waals surface area contributed by atoms with E-state index in [0.717, 1.165) is 19.4 Å². The van der Waals surface area contributed by atoms with E-state index in [-0.39, 0.29) is 12.0 Å². The molecule has 2 heterocycles. The number of methoxy groups -OCH3 is 1. The zero-order valence-corrected chi connectivity index (χ0v) is 14.8. The number of anilines is 1. The summed E-state index contributed by atoms with van der Waals surface area (Å²) in [6.45, 7) is 1.39. The van der Waals surface area contributed by atoms with Gasteiger partial charge in [0, 0.05) is 39.0 Å². The van der Waals surface area contributed by atoms with Crippen LogP contribution in [0.4, 0.5) is 5.82 Å². The Balaban J connectivity index is 1.67. The van der Waals surface area contributed by atoms with E-state index in [1.54, 1.807) is 32.5 Å². The Labute approximate surface area is 149 Å². The SMILES string of the molecule is CNc1cc(C(=O)N2CC[C@H](Cc3ccccc3)[C@@H](OC)C2)ccn1. The molecule has 25 heavy (non-hydrogen) atoms. The number of piperidine rings is 1. The molecule has 0 aliphatic carbocycles. The number of likely N-dealkylation sites (tertiary alicyclic amines) is 1. The summed E-state index contributed by atoms with van der Waals surface area (Å²) in [6.07, 6.45) is 3.65. The minimum atomic E-state index is 0.0408. The standard InChI is InChI=1S/C20H25N3O2/c1-21-19-13-17(8-10-22-19)20(24)23-11-9-16(18(14-23)25-2)12-15-6-4-3-5-7-15/h3-8,10,13,16,18H,9,11-12,14H2,1-2H3,(H,21,22)/t16-,18+/m1/s1. The maximum atomic E-state index is 12.8. The van der Waals surface area contributed by atoms with Gasteiger partial charge in [0.25, 0.3) is 5.91 Å². The van der Waals surface area contributed by atoms with E-state index in [0.29, 0.717) is 23.8 Å². The number of benzene rings is 1. The van der Waals surface area contributed by atoms with E-state index in [1.165, 1.54) is 5.56 Å². The van der Waals surface area contributed by atoms with Crippen LogP contribution in [0.15, 0.2) is 48.7 Å². The molecule has 5 nitrogen and oxygen atoms in total. The number of hydrogen-bond acceptors (Lipinski definition) is 4. The van der Waals surface area contributed by atoms with E-state index >= 15 is 0 Å². The first-order valence-electron chi connectivity index (χ1n) is 8.71. The van der Waals surface area contributed by atoms with Gasteiger partial charge in [-0.3, -0.25) is 4.79 Å². The molecule has 2 atom stereocenters. The Morgan fingerprint density at radius 3 is 2.84 bits per heavy atom. The lowest BCUT2D eigenvalue weighted by Crippen LogP contribution is -2.48. The molecule has 0 bridgehead atoms. The summed E-state index contributed by atoms with van der Waals surface area (Å²) in [5.41, 5.74) is 1.98. The number of nitrogens with one attached hydrogen (secondary N) is 1. The van der Waals surface area contributed by atoms with Crippen molar-refractivity contribution >= 4 is 11.7 Å². The molecule has 1 saturated heterocycles. The fraction of sp³-hybridized carbons (Fsp3) is 0.400. The zero-order chi connectivity index (χ0) is 17.6. The molecule has 0 radical (unpaired) electrons. The molecule has 1 aliphatic rings. The number of amides is 1. The number of rotatable bonds is 5. The second-order valence-electron chi connectivity index (χ2n) is 6.44. The molecule has 1 aromatic carbocycles. The highest BCUT2D eigenvalue weighted by molar-refractivity contribution is 5.94. The highest BCUT2D eigenvalue weighted by Crippen LogP contribution is 2.25. The molecule has 1 fully saturated rings. The largest absolute Gasteiger partial charge is 0.379 e. The van der Waals surface area contributed by atoms with E-state index in [1.807, 2.05) is 11.0 Å². The van der Waals surface area contributed by atoms with E-state index in [2.05, 4.69) is 34.6 Å². The van der Waals surface area contributed by atoms with Gasteiger partial charge in [0.2, 0.25) is 0 Å². The van der Waals surface area contributed by atoms with Crippen molar-refractivity contribution in [3.8, 4) is 0 Å². The number of carbonyl (C=O) groups is 1. The zero-order valence-electron chi connectivity index (χ0n) is 14.8. The Morgan fingerprint density at radius 2 is 2.12 bits per heavy atom. The van der Waals surface area contributed by atoms with Crippen LogP contribution in [0.1, 0.15) is 22.3 Å². The lowest BCUT2D eigenvalue weighted by Gasteiger charge is -2.38. The third-order valence-electron chi connectivity index (χ3n) is 4.89. The van der Waals surface area contributed by atoms with Gasteiger partial charge in [-0.1, -0.05) is 30.3 Å². The molecule has 0 saturated carbocycles. The number of carbonyl (C=O) groups excluding carboxylic acids is 1. The predicted molar refractivity (Wildman–Crippen MR) is 98.7 cm³/mol. The van der Waals surface area contributed by atoms with Gasteiger partial charge in [-0.05, 0) is 36.5 Å². The highest BCUT2D eigenvalue weighted by Gasteiger charge is 2.32. The number of aromatic nitrogens is 1. The summed E-state index contributed by atoms with van der Waals surface area (Å²) in [5.74, 6) is 1.17. The van der Waals surface area contributed by atoms with Crippen molar-refractivity contribution in [3.05, 3.63) is 59.8 Å². The molecule has 0 unspecified atom stereocenters. The van der Waals surface area contributed by atoms with Crippen molar-refractivity contribution < 1.29 is 9.53 Å². The van der Waals surface area contributed by atoms with Gasteiger partial charge in [-0.2, -0.15) is 0 Å². The summed E-state index contributed by atoms with van der Waals surface area (Å²) in [4.78, 5) is 18.9. The quantitative estimate of drug-likeness (QED) is 0.910. The van der Waals surface area contributed by atoms with Crippen molar-refractivity contribution in [2.45, 2.75) is 18.9 Å².